The maximum atomic E-state index is 12.7. The average Bonchev–Trinajstić information content (AvgIpc) is 3.12. The van der Waals surface area contributed by atoms with E-state index in [9.17, 15) is 18.0 Å². The van der Waals surface area contributed by atoms with Gasteiger partial charge in [0, 0.05) is 24.2 Å². The third-order valence-electron chi connectivity index (χ3n) is 4.85. The van der Waals surface area contributed by atoms with Crippen LogP contribution in [0.15, 0.2) is 41.6 Å². The summed E-state index contributed by atoms with van der Waals surface area (Å²) in [6.07, 6.45) is -0.846. The van der Waals surface area contributed by atoms with Crippen molar-refractivity contribution in [3.8, 4) is 5.75 Å². The van der Waals surface area contributed by atoms with E-state index in [1.165, 1.54) is 16.6 Å². The van der Waals surface area contributed by atoms with Gasteiger partial charge < -0.3 is 14.2 Å². The van der Waals surface area contributed by atoms with E-state index >= 15 is 0 Å². The number of benzene rings is 1. The van der Waals surface area contributed by atoms with E-state index in [0.717, 1.165) is 11.4 Å². The second kappa shape index (κ2) is 8.95. The number of fused-ring (bicyclic) bond motifs is 1. The Morgan fingerprint density at radius 2 is 2.06 bits per heavy atom. The molecule has 1 unspecified atom stereocenters. The van der Waals surface area contributed by atoms with Gasteiger partial charge in [0.1, 0.15) is 10.8 Å². The molecule has 0 aliphatic carbocycles. The molecule has 0 fully saturated rings. The van der Waals surface area contributed by atoms with E-state index in [0.29, 0.717) is 30.8 Å². The Balaban J connectivity index is 1.56. The Morgan fingerprint density at radius 3 is 2.81 bits per heavy atom. The van der Waals surface area contributed by atoms with Crippen LogP contribution >= 0.6 is 40.0 Å². The maximum Gasteiger partial charge on any atom is 0.573 e. The summed E-state index contributed by atoms with van der Waals surface area (Å²) in [4.78, 5) is 18.6. The molecule has 31 heavy (non-hydrogen) atoms. The lowest BCUT2D eigenvalue weighted by Gasteiger charge is -2.29. The van der Waals surface area contributed by atoms with E-state index in [4.69, 9.17) is 11.6 Å². The zero-order valence-electron chi connectivity index (χ0n) is 15.7. The number of imidazole rings is 1. The first kappa shape index (κ1) is 22.3. The maximum absolute atomic E-state index is 12.7. The van der Waals surface area contributed by atoms with E-state index in [2.05, 4.69) is 36.9 Å². The first-order valence-corrected chi connectivity index (χ1v) is 13.5. The predicted molar refractivity (Wildman–Crippen MR) is 120 cm³/mol. The van der Waals surface area contributed by atoms with Gasteiger partial charge in [-0.15, -0.1) is 13.2 Å². The van der Waals surface area contributed by atoms with Crippen LogP contribution in [-0.2, 0) is 19.5 Å². The zero-order chi connectivity index (χ0) is 22.2. The fourth-order valence-corrected chi connectivity index (χ4v) is 5.10. The SMILES string of the molecule is O=c1c(Cl)c(N2CCc3c(ncn3Cc3ccccc3OC(F)(F)F)C2)cnn1PI. The van der Waals surface area contributed by atoms with Crippen LogP contribution in [0.25, 0.3) is 0 Å². The minimum absolute atomic E-state index is 0.111. The molecule has 0 amide bonds. The fraction of sp³-hybridized carbons (Fsp3) is 0.278. The molecule has 1 atom stereocenters. The molecular weight excluding hydrogens is 569 g/mol. The molecule has 7 nitrogen and oxygen atoms in total. The first-order valence-electron chi connectivity index (χ1n) is 9.03. The Labute approximate surface area is 194 Å². The molecule has 0 radical (unpaired) electrons. The third-order valence-corrected chi connectivity index (χ3v) is 7.06. The van der Waals surface area contributed by atoms with Gasteiger partial charge in [0.2, 0.25) is 0 Å². The van der Waals surface area contributed by atoms with E-state index < -0.39 is 6.36 Å². The van der Waals surface area contributed by atoms with Crippen LogP contribution in [0.5, 0.6) is 5.75 Å². The summed E-state index contributed by atoms with van der Waals surface area (Å²) in [7, 11) is 0. The van der Waals surface area contributed by atoms with Crippen molar-refractivity contribution in [2.24, 2.45) is 0 Å². The van der Waals surface area contributed by atoms with Crippen molar-refractivity contribution in [3.63, 3.8) is 0 Å². The quantitative estimate of drug-likeness (QED) is 0.329. The van der Waals surface area contributed by atoms with Gasteiger partial charge in [-0.25, -0.2) is 9.44 Å². The van der Waals surface area contributed by atoms with Gasteiger partial charge in [-0.1, -0.05) is 29.8 Å². The number of nitrogens with zero attached hydrogens (tertiary/aromatic N) is 5. The number of hydrogen-bond acceptors (Lipinski definition) is 5. The van der Waals surface area contributed by atoms with Crippen LogP contribution in [0.4, 0.5) is 18.9 Å². The normalized spacial score (nSPS) is 14.3. The Bertz CT molecular complexity index is 1170. The van der Waals surface area contributed by atoms with Gasteiger partial charge in [-0.3, -0.25) is 4.79 Å². The minimum atomic E-state index is -4.76. The highest BCUT2D eigenvalue weighted by molar-refractivity contribution is 14.2. The molecule has 1 aliphatic heterocycles. The molecule has 0 spiro atoms. The van der Waals surface area contributed by atoms with Crippen molar-refractivity contribution in [2.45, 2.75) is 25.9 Å². The van der Waals surface area contributed by atoms with Gasteiger partial charge in [0.05, 0.1) is 43.4 Å². The van der Waals surface area contributed by atoms with Crippen LogP contribution in [0.3, 0.4) is 0 Å². The van der Waals surface area contributed by atoms with Crippen LogP contribution < -0.4 is 15.2 Å². The predicted octanol–water partition coefficient (Wildman–Crippen LogP) is 4.39. The van der Waals surface area contributed by atoms with Gasteiger partial charge in [0.15, 0.2) is 0 Å². The molecule has 1 aromatic carbocycles. The van der Waals surface area contributed by atoms with Crippen molar-refractivity contribution in [1.29, 1.82) is 0 Å². The number of anilines is 1. The summed E-state index contributed by atoms with van der Waals surface area (Å²) in [6, 6.07) is 6.05. The second-order valence-corrected chi connectivity index (χ2v) is 9.16. The number of halogens is 5. The first-order chi connectivity index (χ1) is 14.8. The summed E-state index contributed by atoms with van der Waals surface area (Å²) in [5.41, 5.74) is 2.30. The van der Waals surface area contributed by atoms with Crippen LogP contribution in [0, 0.1) is 0 Å². The molecule has 2 aromatic heterocycles. The fourth-order valence-electron chi connectivity index (χ4n) is 3.46. The Morgan fingerprint density at radius 1 is 1.29 bits per heavy atom. The molecule has 0 N–H and O–H groups in total. The van der Waals surface area contributed by atoms with Crippen molar-refractivity contribution < 1.29 is 17.9 Å². The van der Waals surface area contributed by atoms with E-state index in [-0.39, 0.29) is 29.3 Å². The van der Waals surface area contributed by atoms with E-state index in [1.54, 1.807) is 24.7 Å². The topological polar surface area (TPSA) is 65.2 Å². The number of aromatic nitrogens is 4. The molecule has 3 aromatic rings. The molecule has 164 valence electrons. The molecule has 1 aliphatic rings. The Kier molecular flexibility index (Phi) is 6.45. The van der Waals surface area contributed by atoms with E-state index in [1.807, 2.05) is 9.47 Å². The lowest BCUT2D eigenvalue weighted by Crippen LogP contribution is -2.33. The molecular formula is C18H15ClF3IN5O2P. The molecule has 4 rings (SSSR count). The molecule has 0 saturated carbocycles. The molecule has 3 heterocycles. The van der Waals surface area contributed by atoms with Crippen LogP contribution in [-0.4, -0.2) is 32.0 Å². The number of ether oxygens (including phenoxy) is 1. The molecule has 0 bridgehead atoms. The Hall–Kier alpha value is -1.85. The lowest BCUT2D eigenvalue weighted by molar-refractivity contribution is -0.274. The van der Waals surface area contributed by atoms with Gasteiger partial charge in [-0.05, 0) is 28.1 Å². The monoisotopic (exact) mass is 583 g/mol. The summed E-state index contributed by atoms with van der Waals surface area (Å²) >= 11 is 8.33. The number of para-hydroxylation sites is 1. The standard InChI is InChI=1S/C18H15ClF3IN5O2P/c19-16-14(7-25-28(31-23)17(16)29)26-6-5-13-12(9-26)24-10-27(13)8-11-3-1-2-4-15(11)30-18(20,21)22/h1-4,7,10,31H,5-6,8-9H2. The summed E-state index contributed by atoms with van der Waals surface area (Å²) in [5, 5.41) is 4.25. The molecule has 13 heteroatoms. The number of rotatable bonds is 5. The second-order valence-electron chi connectivity index (χ2n) is 6.74. The van der Waals surface area contributed by atoms with Crippen molar-refractivity contribution in [3.05, 3.63) is 69.1 Å². The average molecular weight is 584 g/mol. The highest BCUT2D eigenvalue weighted by Gasteiger charge is 2.32. The third kappa shape index (κ3) is 4.83. The van der Waals surface area contributed by atoms with Crippen molar-refractivity contribution in [1.82, 2.24) is 19.1 Å². The lowest BCUT2D eigenvalue weighted by atomic mass is 10.1. The summed E-state index contributed by atoms with van der Waals surface area (Å²) < 4.78 is 45.4. The van der Waals surface area contributed by atoms with Gasteiger partial charge in [-0.2, -0.15) is 5.10 Å². The van der Waals surface area contributed by atoms with Crippen molar-refractivity contribution >= 4 is 45.7 Å². The molecule has 0 saturated heterocycles. The highest BCUT2D eigenvalue weighted by Crippen LogP contribution is 2.31. The van der Waals surface area contributed by atoms with Crippen molar-refractivity contribution in [2.75, 3.05) is 11.4 Å². The van der Waals surface area contributed by atoms with Crippen LogP contribution in [0.1, 0.15) is 17.0 Å². The number of hydrogen-bond donors (Lipinski definition) is 0. The highest BCUT2D eigenvalue weighted by atomic mass is 127. The van der Waals surface area contributed by atoms with Gasteiger partial charge in [0.25, 0.3) is 5.56 Å². The van der Waals surface area contributed by atoms with Gasteiger partial charge >= 0.3 is 6.36 Å². The van der Waals surface area contributed by atoms with Crippen LogP contribution in [0.2, 0.25) is 5.02 Å². The zero-order valence-corrected chi connectivity index (χ0v) is 19.6. The summed E-state index contributed by atoms with van der Waals surface area (Å²) in [5.74, 6) is -0.232. The smallest absolute Gasteiger partial charge is 0.405 e. The summed E-state index contributed by atoms with van der Waals surface area (Å²) in [6.45, 7) is 1.18. The number of alkyl halides is 3. The minimum Gasteiger partial charge on any atom is -0.405 e. The largest absolute Gasteiger partial charge is 0.573 e.